The van der Waals surface area contributed by atoms with Gasteiger partial charge in [-0.2, -0.15) is 0 Å². The number of rotatable bonds is 4. The van der Waals surface area contributed by atoms with Gasteiger partial charge in [0.05, 0.1) is 12.1 Å². The summed E-state index contributed by atoms with van der Waals surface area (Å²) in [7, 11) is 0. The first-order valence-electron chi connectivity index (χ1n) is 11.1. The van der Waals surface area contributed by atoms with Crippen molar-refractivity contribution in [2.24, 2.45) is 0 Å². The van der Waals surface area contributed by atoms with Crippen molar-refractivity contribution in [2.45, 2.75) is 24.7 Å². The van der Waals surface area contributed by atoms with Crippen molar-refractivity contribution in [3.63, 3.8) is 0 Å². The molecule has 11 heteroatoms. The molecule has 3 unspecified atom stereocenters. The lowest BCUT2D eigenvalue weighted by Gasteiger charge is -2.34. The van der Waals surface area contributed by atoms with Crippen LogP contribution in [0, 0.1) is 5.82 Å². The highest BCUT2D eigenvalue weighted by atomic mass is 19.1. The van der Waals surface area contributed by atoms with E-state index in [1.165, 1.54) is 17.1 Å². The van der Waals surface area contributed by atoms with Crippen LogP contribution in [0.15, 0.2) is 54.9 Å². The number of carbonyl (C=O) groups excluding carboxylic acids is 2. The van der Waals surface area contributed by atoms with Gasteiger partial charge in [0.15, 0.2) is 11.5 Å². The van der Waals surface area contributed by atoms with E-state index in [0.29, 0.717) is 36.8 Å². The summed E-state index contributed by atoms with van der Waals surface area (Å²) in [6, 6.07) is 11.2. The smallest absolute Gasteiger partial charge is 0.340 e. The van der Waals surface area contributed by atoms with Crippen LogP contribution in [0.25, 0.3) is 0 Å². The second-order valence-electron chi connectivity index (χ2n) is 8.50. The molecule has 4 heterocycles. The third kappa shape index (κ3) is 3.68. The van der Waals surface area contributed by atoms with E-state index in [1.54, 1.807) is 41.4 Å². The summed E-state index contributed by atoms with van der Waals surface area (Å²) in [5.74, 6) is 0.593. The number of hydrogen-bond donors (Lipinski definition) is 3. The number of urea groups is 1. The lowest BCUT2D eigenvalue weighted by molar-refractivity contribution is -0.117. The van der Waals surface area contributed by atoms with Gasteiger partial charge in [-0.3, -0.25) is 9.69 Å². The number of halogens is 1. The van der Waals surface area contributed by atoms with Gasteiger partial charge < -0.3 is 19.8 Å². The molecule has 3 amide bonds. The molecule has 0 radical (unpaired) electrons. The summed E-state index contributed by atoms with van der Waals surface area (Å²) < 4.78 is 24.3. The number of ether oxygens (including phenoxy) is 2. The van der Waals surface area contributed by atoms with Crippen molar-refractivity contribution in [2.75, 3.05) is 25.1 Å². The largest absolute Gasteiger partial charge is 0.486 e. The maximum absolute atomic E-state index is 13.3. The first-order valence-corrected chi connectivity index (χ1v) is 11.1. The molecular formula is C23H23FN6O4. The molecule has 4 aliphatic heterocycles. The molecule has 0 aliphatic carbocycles. The molecule has 0 spiro atoms. The Kier molecular flexibility index (Phi) is 5.00. The predicted octanol–water partition coefficient (Wildman–Crippen LogP) is 1.91. The van der Waals surface area contributed by atoms with Crippen LogP contribution in [0.1, 0.15) is 18.0 Å². The van der Waals surface area contributed by atoms with Gasteiger partial charge in [0.1, 0.15) is 31.7 Å². The number of nitrogens with one attached hydrogen (secondary N) is 3. The summed E-state index contributed by atoms with van der Waals surface area (Å²) >= 11 is 0. The van der Waals surface area contributed by atoms with E-state index in [0.717, 1.165) is 5.56 Å². The lowest BCUT2D eigenvalue weighted by atomic mass is 10.00. The van der Waals surface area contributed by atoms with Crippen LogP contribution in [0.5, 0.6) is 11.5 Å². The van der Waals surface area contributed by atoms with Gasteiger partial charge >= 0.3 is 6.03 Å². The van der Waals surface area contributed by atoms with Crippen LogP contribution < -0.4 is 25.6 Å². The highest BCUT2D eigenvalue weighted by Crippen LogP contribution is 2.35. The molecule has 10 nitrogen and oxygen atoms in total. The van der Waals surface area contributed by atoms with Gasteiger partial charge in [0, 0.05) is 24.2 Å². The maximum atomic E-state index is 13.3. The Balaban J connectivity index is 1.11. The van der Waals surface area contributed by atoms with E-state index in [4.69, 9.17) is 9.47 Å². The number of anilines is 1. The Hall–Kier alpha value is -3.83. The molecule has 3 atom stereocenters. The minimum Gasteiger partial charge on any atom is -0.486 e. The van der Waals surface area contributed by atoms with Crippen LogP contribution in [0.3, 0.4) is 0 Å². The van der Waals surface area contributed by atoms with Crippen molar-refractivity contribution in [1.82, 2.24) is 25.8 Å². The molecule has 176 valence electrons. The van der Waals surface area contributed by atoms with Crippen molar-refractivity contribution in [1.29, 1.82) is 0 Å². The fourth-order valence-electron chi connectivity index (χ4n) is 4.71. The fraction of sp³-hybridized carbons (Fsp3) is 0.304. The second kappa shape index (κ2) is 8.19. The molecule has 2 saturated heterocycles. The normalized spacial score (nSPS) is 24.8. The molecule has 0 saturated carbocycles. The second-order valence-corrected chi connectivity index (χ2v) is 8.50. The zero-order chi connectivity index (χ0) is 23.2. The highest BCUT2D eigenvalue weighted by molar-refractivity contribution is 5.95. The molecule has 0 aromatic heterocycles. The molecular weight excluding hydrogens is 443 g/mol. The summed E-state index contributed by atoms with van der Waals surface area (Å²) in [5.41, 5.74) is 8.10. The van der Waals surface area contributed by atoms with Gasteiger partial charge in [0.2, 0.25) is 5.91 Å². The average molecular weight is 466 g/mol. The first kappa shape index (κ1) is 20.8. The van der Waals surface area contributed by atoms with Crippen molar-refractivity contribution < 1.29 is 23.5 Å². The van der Waals surface area contributed by atoms with E-state index in [9.17, 15) is 14.0 Å². The van der Waals surface area contributed by atoms with Gasteiger partial charge in [-0.25, -0.2) is 25.0 Å². The average Bonchev–Trinajstić information content (AvgIpc) is 3.41. The first-order chi connectivity index (χ1) is 16.5. The zero-order valence-corrected chi connectivity index (χ0v) is 18.1. The van der Waals surface area contributed by atoms with E-state index in [-0.39, 0.29) is 42.5 Å². The third-order valence-electron chi connectivity index (χ3n) is 6.33. The van der Waals surface area contributed by atoms with Gasteiger partial charge in [0.25, 0.3) is 0 Å². The molecule has 3 N–H and O–H groups in total. The topological polar surface area (TPSA) is 98.4 Å². The number of carbonyl (C=O) groups is 2. The predicted molar refractivity (Wildman–Crippen MR) is 119 cm³/mol. The highest BCUT2D eigenvalue weighted by Gasteiger charge is 2.48. The van der Waals surface area contributed by atoms with Gasteiger partial charge in [-0.1, -0.05) is 12.1 Å². The number of amides is 3. The Morgan fingerprint density at radius 1 is 1.06 bits per heavy atom. The molecule has 2 aromatic rings. The fourth-order valence-corrected chi connectivity index (χ4v) is 4.71. The molecule has 34 heavy (non-hydrogen) atoms. The van der Waals surface area contributed by atoms with Crippen LogP contribution in [0.4, 0.5) is 14.9 Å². The maximum Gasteiger partial charge on any atom is 0.340 e. The number of benzene rings is 2. The third-order valence-corrected chi connectivity index (χ3v) is 6.33. The van der Waals surface area contributed by atoms with E-state index < -0.39 is 0 Å². The number of fused-ring (bicyclic) bond motifs is 4. The van der Waals surface area contributed by atoms with Crippen molar-refractivity contribution >= 4 is 17.6 Å². The van der Waals surface area contributed by atoms with Gasteiger partial charge in [-0.05, 0) is 36.2 Å². The molecule has 4 aliphatic rings. The van der Waals surface area contributed by atoms with Crippen LogP contribution in [0.2, 0.25) is 0 Å². The Morgan fingerprint density at radius 2 is 1.85 bits per heavy atom. The Morgan fingerprint density at radius 3 is 2.68 bits per heavy atom. The van der Waals surface area contributed by atoms with Crippen LogP contribution in [-0.4, -0.2) is 58.8 Å². The molecule has 2 aromatic carbocycles. The van der Waals surface area contributed by atoms with Crippen LogP contribution >= 0.6 is 0 Å². The van der Waals surface area contributed by atoms with Gasteiger partial charge in [-0.15, -0.1) is 0 Å². The van der Waals surface area contributed by atoms with E-state index in [1.807, 2.05) is 11.2 Å². The summed E-state index contributed by atoms with van der Waals surface area (Å²) in [5, 5.41) is 6.07. The number of hydrogen-bond acceptors (Lipinski definition) is 7. The Bertz CT molecular complexity index is 1160. The lowest BCUT2D eigenvalue weighted by Crippen LogP contribution is -2.54. The Labute approximate surface area is 194 Å². The summed E-state index contributed by atoms with van der Waals surface area (Å²) in [6.07, 6.45) is 3.87. The quantitative estimate of drug-likeness (QED) is 0.633. The monoisotopic (exact) mass is 466 g/mol. The van der Waals surface area contributed by atoms with Crippen LogP contribution in [-0.2, 0) is 4.79 Å². The van der Waals surface area contributed by atoms with Crippen molar-refractivity contribution in [3.8, 4) is 11.5 Å². The minimum atomic E-state index is -0.341. The SMILES string of the molecule is O=C(CN1NC2C3CC(c4ccc(F)cc4)NN3C=CN2C1=O)Nc1ccc2c(c1)OCCO2. The summed E-state index contributed by atoms with van der Waals surface area (Å²) in [6.45, 7) is 0.790. The summed E-state index contributed by atoms with van der Waals surface area (Å²) in [4.78, 5) is 27.2. The van der Waals surface area contributed by atoms with Crippen molar-refractivity contribution in [3.05, 3.63) is 66.2 Å². The minimum absolute atomic E-state index is 0.0142. The molecule has 0 bridgehead atoms. The van der Waals surface area contributed by atoms with E-state index >= 15 is 0 Å². The number of nitrogens with zero attached hydrogens (tertiary/aromatic N) is 3. The zero-order valence-electron chi connectivity index (χ0n) is 18.1. The molecule has 2 fully saturated rings. The standard InChI is InChI=1S/C23H23FN6O4/c24-15-3-1-14(2-4-15)17-12-18-22-27-30(23(32)28(22)7-8-29(18)26-17)13-21(31)25-16-5-6-19-20(11-16)34-10-9-33-19/h1-8,11,17-18,22,26-27H,9-10,12-13H2,(H,25,31). The molecule has 6 rings (SSSR count). The number of hydrazine groups is 2. The van der Waals surface area contributed by atoms with E-state index in [2.05, 4.69) is 16.2 Å².